The zero-order valence-corrected chi connectivity index (χ0v) is 17.8. The molecule has 0 aromatic heterocycles. The van der Waals surface area contributed by atoms with Crippen LogP contribution in [0, 0.1) is 5.82 Å². The number of rotatable bonds is 9. The first-order chi connectivity index (χ1) is 14.7. The fourth-order valence-corrected chi connectivity index (χ4v) is 2.87. The van der Waals surface area contributed by atoms with Gasteiger partial charge in [0.2, 0.25) is 0 Å². The van der Waals surface area contributed by atoms with Gasteiger partial charge in [-0.3, -0.25) is 0 Å². The molecule has 0 saturated carbocycles. The lowest BCUT2D eigenvalue weighted by molar-refractivity contribution is 0.294. The van der Waals surface area contributed by atoms with Gasteiger partial charge in [0.1, 0.15) is 0 Å². The smallest absolute Gasteiger partial charge is 0.167 e. The first-order valence-corrected chi connectivity index (χ1v) is 10.9. The fraction of sp³-hybridized carbons (Fsp3) is 0.217. The second-order valence-corrected chi connectivity index (χ2v) is 7.31. The van der Waals surface area contributed by atoms with Gasteiger partial charge in [0.15, 0.2) is 11.6 Å². The van der Waals surface area contributed by atoms with E-state index in [4.69, 9.17) is 4.74 Å². The van der Waals surface area contributed by atoms with E-state index in [0.717, 1.165) is 18.5 Å². The minimum Gasteiger partial charge on any atom is -0.491 e. The average molecular weight is 423 g/mol. The Morgan fingerprint density at radius 2 is 1.27 bits per heavy atom. The molecule has 0 N–H and O–H groups in total. The second-order valence-electron chi connectivity index (χ2n) is 6.43. The monoisotopic (exact) mass is 422 g/mol. The summed E-state index contributed by atoms with van der Waals surface area (Å²) in [5.74, 6) is -0.205. The minimum absolute atomic E-state index is 0.236. The molecule has 154 valence electrons. The molecular formula is C23H23FN4OS. The topological polar surface area (TPSA) is 58.7 Å². The van der Waals surface area contributed by atoms with E-state index in [2.05, 4.69) is 27.4 Å². The molecular weight excluding hydrogens is 399 g/mol. The van der Waals surface area contributed by atoms with Crippen molar-refractivity contribution < 1.29 is 9.13 Å². The van der Waals surface area contributed by atoms with Crippen molar-refractivity contribution in [2.45, 2.75) is 24.7 Å². The summed E-state index contributed by atoms with van der Waals surface area (Å²) in [7, 11) is 0. The van der Waals surface area contributed by atoms with Crippen LogP contribution < -0.4 is 4.74 Å². The van der Waals surface area contributed by atoms with E-state index in [1.54, 1.807) is 48.2 Å². The van der Waals surface area contributed by atoms with Crippen molar-refractivity contribution >= 4 is 34.5 Å². The molecule has 0 atom stereocenters. The van der Waals surface area contributed by atoms with Gasteiger partial charge >= 0.3 is 0 Å². The third-order valence-corrected chi connectivity index (χ3v) is 4.90. The van der Waals surface area contributed by atoms with Crippen LogP contribution in [0.4, 0.5) is 27.1 Å². The van der Waals surface area contributed by atoms with Gasteiger partial charge in [-0.15, -0.1) is 11.8 Å². The second kappa shape index (κ2) is 11.2. The molecule has 0 unspecified atom stereocenters. The van der Waals surface area contributed by atoms with Crippen molar-refractivity contribution in [2.24, 2.45) is 20.5 Å². The number of nitrogens with zero attached hydrogens (tertiary/aromatic N) is 4. The Labute approximate surface area is 180 Å². The predicted octanol–water partition coefficient (Wildman–Crippen LogP) is 8.56. The Morgan fingerprint density at radius 1 is 0.767 bits per heavy atom. The van der Waals surface area contributed by atoms with E-state index < -0.39 is 5.82 Å². The summed E-state index contributed by atoms with van der Waals surface area (Å²) in [6.45, 7) is 2.56. The zero-order chi connectivity index (χ0) is 21.2. The van der Waals surface area contributed by atoms with Gasteiger partial charge in [0.05, 0.1) is 29.4 Å². The van der Waals surface area contributed by atoms with Gasteiger partial charge in [-0.25, -0.2) is 4.39 Å². The molecule has 0 heterocycles. The number of thioether (sulfide) groups is 1. The van der Waals surface area contributed by atoms with E-state index in [-0.39, 0.29) is 5.75 Å². The molecule has 30 heavy (non-hydrogen) atoms. The molecule has 3 aromatic carbocycles. The number of hydrogen-bond donors (Lipinski definition) is 0. The van der Waals surface area contributed by atoms with Crippen molar-refractivity contribution in [3.05, 3.63) is 72.5 Å². The van der Waals surface area contributed by atoms with Crippen LogP contribution in [-0.4, -0.2) is 12.9 Å². The summed E-state index contributed by atoms with van der Waals surface area (Å²) in [4.78, 5) is 1.18. The van der Waals surface area contributed by atoms with Crippen LogP contribution in [0.3, 0.4) is 0 Å². The number of halogens is 1. The summed E-state index contributed by atoms with van der Waals surface area (Å²) >= 11 is 1.68. The van der Waals surface area contributed by atoms with Crippen molar-refractivity contribution in [3.8, 4) is 5.75 Å². The summed E-state index contributed by atoms with van der Waals surface area (Å²) in [6, 6.07) is 19.6. The number of unbranched alkanes of at least 4 members (excludes halogenated alkanes) is 1. The summed E-state index contributed by atoms with van der Waals surface area (Å²) in [6.07, 6.45) is 3.92. The van der Waals surface area contributed by atoms with Crippen LogP contribution in [0.1, 0.15) is 19.8 Å². The molecule has 0 spiro atoms. The zero-order valence-electron chi connectivity index (χ0n) is 17.0. The predicted molar refractivity (Wildman–Crippen MR) is 120 cm³/mol. The largest absolute Gasteiger partial charge is 0.491 e. The van der Waals surface area contributed by atoms with Crippen molar-refractivity contribution in [1.29, 1.82) is 0 Å². The van der Waals surface area contributed by atoms with Gasteiger partial charge in [-0.05, 0) is 73.3 Å². The normalized spacial score (nSPS) is 11.4. The maximum Gasteiger partial charge on any atom is 0.167 e. The third kappa shape index (κ3) is 6.49. The molecule has 5 nitrogen and oxygen atoms in total. The lowest BCUT2D eigenvalue weighted by Crippen LogP contribution is -1.98. The quantitative estimate of drug-likeness (QED) is 0.197. The van der Waals surface area contributed by atoms with Gasteiger partial charge in [0.25, 0.3) is 0 Å². The molecule has 0 aliphatic rings. The Morgan fingerprint density at radius 3 is 1.77 bits per heavy atom. The van der Waals surface area contributed by atoms with E-state index in [0.29, 0.717) is 23.7 Å². The van der Waals surface area contributed by atoms with Crippen LogP contribution >= 0.6 is 11.8 Å². The molecule has 0 radical (unpaired) electrons. The third-order valence-electron chi connectivity index (χ3n) is 4.15. The first kappa shape index (κ1) is 21.6. The highest BCUT2D eigenvalue weighted by Crippen LogP contribution is 2.27. The summed E-state index contributed by atoms with van der Waals surface area (Å²) in [5, 5.41) is 16.7. The molecule has 0 amide bonds. The Kier molecular flexibility index (Phi) is 8.09. The summed E-state index contributed by atoms with van der Waals surface area (Å²) < 4.78 is 19.5. The molecule has 0 aliphatic carbocycles. The maximum absolute atomic E-state index is 14.1. The van der Waals surface area contributed by atoms with Gasteiger partial charge < -0.3 is 4.74 Å². The highest BCUT2D eigenvalue weighted by molar-refractivity contribution is 7.98. The van der Waals surface area contributed by atoms with Crippen LogP contribution in [0.25, 0.3) is 0 Å². The molecule has 3 rings (SSSR count). The minimum atomic E-state index is -0.441. The first-order valence-electron chi connectivity index (χ1n) is 9.68. The SMILES string of the molecule is CCCCOc1ccc(N=Nc2ccc(N=Nc3ccc(SC)cc3)cc2)cc1F. The lowest BCUT2D eigenvalue weighted by atomic mass is 10.3. The Hall–Kier alpha value is -3.06. The molecule has 0 bridgehead atoms. The van der Waals surface area contributed by atoms with Crippen molar-refractivity contribution in [3.63, 3.8) is 0 Å². The van der Waals surface area contributed by atoms with Crippen LogP contribution in [0.2, 0.25) is 0 Å². The standard InChI is InChI=1S/C23H23FN4OS/c1-3-4-15-29-23-14-11-20(16-22(23)24)28-27-18-7-5-17(6-8-18)25-26-19-9-12-21(30-2)13-10-19/h5-14,16H,3-4,15H2,1-2H3. The number of benzene rings is 3. The fourth-order valence-electron chi connectivity index (χ4n) is 2.46. The van der Waals surface area contributed by atoms with Gasteiger partial charge in [-0.2, -0.15) is 20.5 Å². The van der Waals surface area contributed by atoms with Crippen LogP contribution in [-0.2, 0) is 0 Å². The summed E-state index contributed by atoms with van der Waals surface area (Å²) in [5.41, 5.74) is 2.57. The molecule has 3 aromatic rings. The number of hydrogen-bond acceptors (Lipinski definition) is 6. The highest BCUT2D eigenvalue weighted by Gasteiger charge is 2.04. The van der Waals surface area contributed by atoms with Gasteiger partial charge in [-0.1, -0.05) is 13.3 Å². The molecule has 0 saturated heterocycles. The van der Waals surface area contributed by atoms with E-state index in [9.17, 15) is 4.39 Å². The molecule has 0 fully saturated rings. The molecule has 7 heteroatoms. The molecule has 0 aliphatic heterocycles. The highest BCUT2D eigenvalue weighted by atomic mass is 32.2. The average Bonchev–Trinajstić information content (AvgIpc) is 2.79. The van der Waals surface area contributed by atoms with Gasteiger partial charge in [0, 0.05) is 11.0 Å². The van der Waals surface area contributed by atoms with Crippen LogP contribution in [0.5, 0.6) is 5.75 Å². The Balaban J connectivity index is 1.60. The van der Waals surface area contributed by atoms with E-state index in [1.807, 2.05) is 30.5 Å². The van der Waals surface area contributed by atoms with E-state index in [1.165, 1.54) is 11.0 Å². The number of azo groups is 2. The van der Waals surface area contributed by atoms with Crippen LogP contribution in [0.15, 0.2) is 92.1 Å². The van der Waals surface area contributed by atoms with Crippen molar-refractivity contribution in [2.75, 3.05) is 12.9 Å². The number of ether oxygens (including phenoxy) is 1. The lowest BCUT2D eigenvalue weighted by Gasteiger charge is -2.06. The maximum atomic E-state index is 14.1. The Bertz CT molecular complexity index is 1000. The van der Waals surface area contributed by atoms with E-state index >= 15 is 0 Å². The van der Waals surface area contributed by atoms with Crippen molar-refractivity contribution in [1.82, 2.24) is 0 Å².